The van der Waals surface area contributed by atoms with Gasteiger partial charge in [0.1, 0.15) is 0 Å². The Labute approximate surface area is 101 Å². The fourth-order valence-corrected chi connectivity index (χ4v) is 2.03. The van der Waals surface area contributed by atoms with Crippen molar-refractivity contribution in [2.45, 2.75) is 38.8 Å². The highest BCUT2D eigenvalue weighted by Crippen LogP contribution is 2.22. The lowest BCUT2D eigenvalue weighted by molar-refractivity contribution is -0.121. The van der Waals surface area contributed by atoms with Crippen LogP contribution in [0, 0.1) is 5.92 Å². The number of ether oxygens (including phenoxy) is 1. The molecule has 3 atom stereocenters. The van der Waals surface area contributed by atoms with E-state index in [0.717, 1.165) is 19.4 Å². The SMILES string of the molecule is CCC1OCCC1CNC(C)C(=O)NC(N)=O. The molecule has 1 heterocycles. The standard InChI is InChI=1S/C11H21N3O3/c1-3-9-8(4-5-17-9)6-13-7(2)10(15)14-11(12)16/h7-9,13H,3-6H2,1-2H3,(H3,12,14,15,16). The highest BCUT2D eigenvalue weighted by molar-refractivity contribution is 5.96. The molecule has 1 aliphatic heterocycles. The smallest absolute Gasteiger partial charge is 0.318 e. The number of carbonyl (C=O) groups excluding carboxylic acids is 2. The molecule has 1 rings (SSSR count). The molecule has 6 heteroatoms. The van der Waals surface area contributed by atoms with Crippen LogP contribution in [0.1, 0.15) is 26.7 Å². The van der Waals surface area contributed by atoms with Gasteiger partial charge in [-0.3, -0.25) is 10.1 Å². The van der Waals surface area contributed by atoms with E-state index in [2.05, 4.69) is 12.2 Å². The van der Waals surface area contributed by atoms with Crippen molar-refractivity contribution in [2.75, 3.05) is 13.2 Å². The lowest BCUT2D eigenvalue weighted by Gasteiger charge is -2.19. The van der Waals surface area contributed by atoms with Gasteiger partial charge in [0.2, 0.25) is 5.91 Å². The van der Waals surface area contributed by atoms with Gasteiger partial charge in [-0.05, 0) is 25.7 Å². The van der Waals surface area contributed by atoms with Crippen molar-refractivity contribution in [3.8, 4) is 0 Å². The summed E-state index contributed by atoms with van der Waals surface area (Å²) in [7, 11) is 0. The molecule has 0 aromatic rings. The average Bonchev–Trinajstić information content (AvgIpc) is 2.72. The highest BCUT2D eigenvalue weighted by Gasteiger charge is 2.27. The first-order chi connectivity index (χ1) is 8.04. The molecular weight excluding hydrogens is 222 g/mol. The largest absolute Gasteiger partial charge is 0.378 e. The number of rotatable bonds is 5. The number of nitrogens with two attached hydrogens (primary N) is 1. The van der Waals surface area contributed by atoms with E-state index < -0.39 is 18.0 Å². The van der Waals surface area contributed by atoms with Crippen LogP contribution in [0.5, 0.6) is 0 Å². The minimum Gasteiger partial charge on any atom is -0.378 e. The second kappa shape index (κ2) is 6.56. The Hall–Kier alpha value is -1.14. The van der Waals surface area contributed by atoms with Crippen LogP contribution in [-0.4, -0.2) is 37.2 Å². The van der Waals surface area contributed by atoms with E-state index in [1.165, 1.54) is 0 Å². The maximum Gasteiger partial charge on any atom is 0.318 e. The Kier molecular flexibility index (Phi) is 5.37. The van der Waals surface area contributed by atoms with Crippen molar-refractivity contribution in [1.82, 2.24) is 10.6 Å². The predicted octanol–water partition coefficient (Wildman–Crippen LogP) is -0.0255. The molecule has 0 bridgehead atoms. The lowest BCUT2D eigenvalue weighted by Crippen LogP contribution is -2.47. The van der Waals surface area contributed by atoms with Gasteiger partial charge in [-0.1, -0.05) is 6.92 Å². The zero-order chi connectivity index (χ0) is 12.8. The van der Waals surface area contributed by atoms with E-state index in [1.807, 2.05) is 5.32 Å². The Balaban J connectivity index is 2.29. The number of hydrogen-bond donors (Lipinski definition) is 3. The number of hydrogen-bond acceptors (Lipinski definition) is 4. The van der Waals surface area contributed by atoms with Crippen LogP contribution in [0.4, 0.5) is 4.79 Å². The Bertz CT molecular complexity index is 283. The van der Waals surface area contributed by atoms with Crippen LogP contribution < -0.4 is 16.4 Å². The highest BCUT2D eigenvalue weighted by atomic mass is 16.5. The summed E-state index contributed by atoms with van der Waals surface area (Å²) in [6.45, 7) is 5.29. The summed E-state index contributed by atoms with van der Waals surface area (Å²) in [4.78, 5) is 21.9. The molecule has 6 nitrogen and oxygen atoms in total. The zero-order valence-electron chi connectivity index (χ0n) is 10.4. The lowest BCUT2D eigenvalue weighted by atomic mass is 9.99. The van der Waals surface area contributed by atoms with Gasteiger partial charge in [-0.2, -0.15) is 0 Å². The van der Waals surface area contributed by atoms with Crippen molar-refractivity contribution in [3.63, 3.8) is 0 Å². The topological polar surface area (TPSA) is 93.4 Å². The van der Waals surface area contributed by atoms with E-state index in [1.54, 1.807) is 6.92 Å². The van der Waals surface area contributed by atoms with Crippen LogP contribution in [0.2, 0.25) is 0 Å². The first-order valence-electron chi connectivity index (χ1n) is 5.99. The molecule has 3 unspecified atom stereocenters. The van der Waals surface area contributed by atoms with Crippen LogP contribution in [0.15, 0.2) is 0 Å². The summed E-state index contributed by atoms with van der Waals surface area (Å²) in [5.41, 5.74) is 4.87. The summed E-state index contributed by atoms with van der Waals surface area (Å²) in [5, 5.41) is 5.14. The van der Waals surface area contributed by atoms with Gasteiger partial charge in [-0.15, -0.1) is 0 Å². The molecule has 0 saturated carbocycles. The zero-order valence-corrected chi connectivity index (χ0v) is 10.4. The molecule has 0 spiro atoms. The van der Waals surface area contributed by atoms with Crippen LogP contribution >= 0.6 is 0 Å². The predicted molar refractivity (Wildman–Crippen MR) is 63.3 cm³/mol. The summed E-state index contributed by atoms with van der Waals surface area (Å²) >= 11 is 0. The first-order valence-corrected chi connectivity index (χ1v) is 5.99. The average molecular weight is 243 g/mol. The van der Waals surface area contributed by atoms with Crippen molar-refractivity contribution in [3.05, 3.63) is 0 Å². The monoisotopic (exact) mass is 243 g/mol. The van der Waals surface area contributed by atoms with Gasteiger partial charge in [-0.25, -0.2) is 4.79 Å². The van der Waals surface area contributed by atoms with E-state index >= 15 is 0 Å². The number of carbonyl (C=O) groups is 2. The number of primary amides is 1. The van der Waals surface area contributed by atoms with E-state index in [-0.39, 0.29) is 6.10 Å². The van der Waals surface area contributed by atoms with Gasteiger partial charge >= 0.3 is 6.03 Å². The van der Waals surface area contributed by atoms with Crippen molar-refractivity contribution < 1.29 is 14.3 Å². The minimum absolute atomic E-state index is 0.272. The fraction of sp³-hybridized carbons (Fsp3) is 0.818. The normalized spacial score (nSPS) is 25.5. The van der Waals surface area contributed by atoms with E-state index in [0.29, 0.717) is 12.5 Å². The molecule has 1 fully saturated rings. The molecule has 0 aromatic carbocycles. The maximum atomic E-state index is 11.4. The second-order valence-electron chi connectivity index (χ2n) is 4.35. The molecule has 0 radical (unpaired) electrons. The van der Waals surface area contributed by atoms with Gasteiger partial charge < -0.3 is 15.8 Å². The third kappa shape index (κ3) is 4.32. The number of urea groups is 1. The van der Waals surface area contributed by atoms with Gasteiger partial charge in [0.05, 0.1) is 12.1 Å². The first kappa shape index (κ1) is 13.9. The molecule has 4 N–H and O–H groups in total. The van der Waals surface area contributed by atoms with Crippen molar-refractivity contribution in [2.24, 2.45) is 11.7 Å². The minimum atomic E-state index is -0.820. The molecule has 1 aliphatic rings. The quantitative estimate of drug-likeness (QED) is 0.632. The molecule has 0 aromatic heterocycles. The molecular formula is C11H21N3O3. The number of imide groups is 1. The molecule has 0 aliphatic carbocycles. The van der Waals surface area contributed by atoms with Crippen molar-refractivity contribution in [1.29, 1.82) is 0 Å². The molecule has 3 amide bonds. The van der Waals surface area contributed by atoms with Crippen LogP contribution in [-0.2, 0) is 9.53 Å². The molecule has 1 saturated heterocycles. The van der Waals surface area contributed by atoms with Gasteiger partial charge in [0, 0.05) is 13.2 Å². The Morgan fingerprint density at radius 2 is 2.24 bits per heavy atom. The van der Waals surface area contributed by atoms with Gasteiger partial charge in [0.15, 0.2) is 0 Å². The summed E-state index contributed by atoms with van der Waals surface area (Å²) < 4.78 is 5.56. The Morgan fingerprint density at radius 1 is 1.53 bits per heavy atom. The second-order valence-corrected chi connectivity index (χ2v) is 4.35. The maximum absolute atomic E-state index is 11.4. The summed E-state index contributed by atoms with van der Waals surface area (Å²) in [5.74, 6) is 0.0355. The summed E-state index contributed by atoms with van der Waals surface area (Å²) in [6.07, 6.45) is 2.26. The third-order valence-corrected chi connectivity index (χ3v) is 3.07. The van der Waals surface area contributed by atoms with E-state index in [4.69, 9.17) is 10.5 Å². The van der Waals surface area contributed by atoms with Crippen molar-refractivity contribution >= 4 is 11.9 Å². The van der Waals surface area contributed by atoms with Crippen LogP contribution in [0.3, 0.4) is 0 Å². The summed E-state index contributed by atoms with van der Waals surface area (Å²) in [6, 6.07) is -1.25. The fourth-order valence-electron chi connectivity index (χ4n) is 2.03. The molecule has 17 heavy (non-hydrogen) atoms. The third-order valence-electron chi connectivity index (χ3n) is 3.07. The number of amides is 3. The Morgan fingerprint density at radius 3 is 2.82 bits per heavy atom. The van der Waals surface area contributed by atoms with E-state index in [9.17, 15) is 9.59 Å². The number of nitrogens with one attached hydrogen (secondary N) is 2. The van der Waals surface area contributed by atoms with Crippen LogP contribution in [0.25, 0.3) is 0 Å². The van der Waals surface area contributed by atoms with Gasteiger partial charge in [0.25, 0.3) is 0 Å². The molecule has 98 valence electrons.